The molecule has 1 aromatic carbocycles. The summed E-state index contributed by atoms with van der Waals surface area (Å²) in [6.45, 7) is 3.12. The van der Waals surface area contributed by atoms with Crippen LogP contribution in [-0.4, -0.2) is 65.2 Å². The van der Waals surface area contributed by atoms with Gasteiger partial charge in [0.1, 0.15) is 12.4 Å². The van der Waals surface area contributed by atoms with Gasteiger partial charge in [0.2, 0.25) is 5.79 Å². The number of benzene rings is 1. The van der Waals surface area contributed by atoms with E-state index in [-0.39, 0.29) is 24.4 Å². The summed E-state index contributed by atoms with van der Waals surface area (Å²) in [6, 6.07) is 7.94. The molecule has 0 aliphatic carbocycles. The Bertz CT molecular complexity index is 1040. The van der Waals surface area contributed by atoms with Crippen molar-refractivity contribution in [3.05, 3.63) is 48.2 Å². The van der Waals surface area contributed by atoms with Gasteiger partial charge in [-0.2, -0.15) is 4.98 Å². The van der Waals surface area contributed by atoms with Crippen LogP contribution in [0, 0.1) is 11.7 Å². The summed E-state index contributed by atoms with van der Waals surface area (Å²) >= 11 is 0. The fourth-order valence-corrected chi connectivity index (χ4v) is 3.24. The minimum atomic E-state index is -1.14. The van der Waals surface area contributed by atoms with Gasteiger partial charge in [-0.15, -0.1) is 0 Å². The highest BCUT2D eigenvalue weighted by Gasteiger charge is 2.38. The number of hydrogen-bond donors (Lipinski definition) is 2. The van der Waals surface area contributed by atoms with Crippen molar-refractivity contribution in [1.82, 2.24) is 19.9 Å². The van der Waals surface area contributed by atoms with Crippen molar-refractivity contribution in [2.75, 3.05) is 40.1 Å². The molecule has 32 heavy (non-hydrogen) atoms. The molecule has 1 aliphatic rings. The van der Waals surface area contributed by atoms with E-state index < -0.39 is 5.79 Å². The van der Waals surface area contributed by atoms with Gasteiger partial charge < -0.3 is 29.0 Å². The van der Waals surface area contributed by atoms with Crippen LogP contribution in [0.4, 0.5) is 4.39 Å². The Morgan fingerprint density at radius 2 is 1.91 bits per heavy atom. The molecule has 2 N–H and O–H groups in total. The number of aliphatic hydroxyl groups is 1. The van der Waals surface area contributed by atoms with Crippen LogP contribution in [0.3, 0.4) is 0 Å². The Morgan fingerprint density at radius 1 is 1.16 bits per heavy atom. The van der Waals surface area contributed by atoms with E-state index in [2.05, 4.69) is 15.0 Å². The van der Waals surface area contributed by atoms with Crippen LogP contribution in [-0.2, 0) is 20.0 Å². The van der Waals surface area contributed by atoms with E-state index in [4.69, 9.17) is 23.9 Å². The first-order chi connectivity index (χ1) is 15.5. The van der Waals surface area contributed by atoms with Gasteiger partial charge in [0.05, 0.1) is 43.5 Å². The topological polar surface area (TPSA) is 112 Å². The highest BCUT2D eigenvalue weighted by Crippen LogP contribution is 2.36. The van der Waals surface area contributed by atoms with E-state index in [1.807, 2.05) is 0 Å². The Morgan fingerprint density at radius 3 is 2.59 bits per heavy atom. The van der Waals surface area contributed by atoms with Gasteiger partial charge in [-0.05, 0) is 37.3 Å². The monoisotopic (exact) mass is 444 g/mol. The van der Waals surface area contributed by atoms with Crippen LogP contribution >= 0.6 is 0 Å². The number of aliphatic hydroxyl groups excluding tert-OH is 1. The van der Waals surface area contributed by atoms with Crippen molar-refractivity contribution in [1.29, 1.82) is 0 Å². The quantitative estimate of drug-likeness (QED) is 0.510. The molecule has 10 heteroatoms. The molecular weight excluding hydrogens is 419 g/mol. The predicted molar refractivity (Wildman–Crippen MR) is 112 cm³/mol. The minimum Gasteiger partial charge on any atom is -0.461 e. The van der Waals surface area contributed by atoms with Crippen LogP contribution in [0.25, 0.3) is 22.6 Å². The lowest BCUT2D eigenvalue weighted by Gasteiger charge is -2.35. The molecule has 0 atom stereocenters. The van der Waals surface area contributed by atoms with Gasteiger partial charge in [0.15, 0.2) is 5.82 Å². The van der Waals surface area contributed by atoms with Gasteiger partial charge in [0.25, 0.3) is 0 Å². The predicted octanol–water partition coefficient (Wildman–Crippen LogP) is 2.53. The molecule has 4 rings (SSSR count). The van der Waals surface area contributed by atoms with Crippen LogP contribution in [0.1, 0.15) is 12.7 Å². The van der Waals surface area contributed by atoms with Gasteiger partial charge in [-0.3, -0.25) is 0 Å². The zero-order valence-corrected chi connectivity index (χ0v) is 17.9. The number of aromatic nitrogens is 4. The fraction of sp³-hybridized carbons (Fsp3) is 0.409. The molecule has 0 spiro atoms. The molecular formula is C22H25FN4O5. The molecule has 9 nitrogen and oxygen atoms in total. The highest BCUT2D eigenvalue weighted by atomic mass is 19.1. The molecule has 1 aliphatic heterocycles. The lowest BCUT2D eigenvalue weighted by Crippen LogP contribution is -2.41. The Kier molecular flexibility index (Phi) is 6.75. The van der Waals surface area contributed by atoms with Crippen molar-refractivity contribution in [2.45, 2.75) is 12.7 Å². The number of aromatic amines is 1. The standard InChI is InChI=1S/C22H25FN4O5/c1-22(31-12-14(11-28)13-32-22)20-26-18(15-3-5-16(23)6-4-15)19(27-20)17-7-8-24-21(25-17)30-10-9-29-2/h3-8,14,28H,9-13H2,1-2H3,(H,26,27). The molecule has 2 aromatic heterocycles. The summed E-state index contributed by atoms with van der Waals surface area (Å²) in [4.78, 5) is 16.6. The number of methoxy groups -OCH3 is 1. The molecule has 3 heterocycles. The van der Waals surface area contributed by atoms with Crippen molar-refractivity contribution < 1.29 is 28.4 Å². The molecule has 3 aromatic rings. The van der Waals surface area contributed by atoms with Crippen LogP contribution in [0.2, 0.25) is 0 Å². The Labute approximate surface area is 184 Å². The smallest absolute Gasteiger partial charge is 0.317 e. The number of halogens is 1. The van der Waals surface area contributed by atoms with E-state index >= 15 is 0 Å². The number of nitrogens with one attached hydrogen (secondary N) is 1. The number of rotatable bonds is 8. The maximum Gasteiger partial charge on any atom is 0.317 e. The van der Waals surface area contributed by atoms with Crippen LogP contribution < -0.4 is 4.74 Å². The second-order valence-corrected chi connectivity index (χ2v) is 7.50. The van der Waals surface area contributed by atoms with E-state index in [0.717, 1.165) is 0 Å². The van der Waals surface area contributed by atoms with Gasteiger partial charge in [0, 0.05) is 24.8 Å². The molecule has 170 valence electrons. The molecule has 0 amide bonds. The molecule has 1 fully saturated rings. The average molecular weight is 444 g/mol. The van der Waals surface area contributed by atoms with E-state index in [1.165, 1.54) is 12.1 Å². The number of H-pyrrole nitrogens is 1. The number of nitrogens with zero attached hydrogens (tertiary/aromatic N) is 3. The normalized spacial score (nSPS) is 20.9. The van der Waals surface area contributed by atoms with E-state index in [0.29, 0.717) is 54.9 Å². The highest BCUT2D eigenvalue weighted by molar-refractivity contribution is 5.76. The molecule has 1 saturated heterocycles. The lowest BCUT2D eigenvalue weighted by atomic mass is 10.1. The zero-order valence-electron chi connectivity index (χ0n) is 17.9. The molecule has 0 unspecified atom stereocenters. The van der Waals surface area contributed by atoms with Crippen LogP contribution in [0.5, 0.6) is 6.01 Å². The summed E-state index contributed by atoms with van der Waals surface area (Å²) in [5.41, 5.74) is 2.37. The van der Waals surface area contributed by atoms with Crippen molar-refractivity contribution in [3.63, 3.8) is 0 Å². The lowest BCUT2D eigenvalue weighted by molar-refractivity contribution is -0.288. The second-order valence-electron chi connectivity index (χ2n) is 7.50. The van der Waals surface area contributed by atoms with Crippen molar-refractivity contribution in [3.8, 4) is 28.7 Å². The molecule has 0 saturated carbocycles. The van der Waals surface area contributed by atoms with E-state index in [1.54, 1.807) is 38.4 Å². The summed E-state index contributed by atoms with van der Waals surface area (Å²) in [7, 11) is 1.58. The number of hydrogen-bond acceptors (Lipinski definition) is 8. The third kappa shape index (κ3) is 4.78. The third-order valence-corrected chi connectivity index (χ3v) is 5.11. The fourth-order valence-electron chi connectivity index (χ4n) is 3.24. The van der Waals surface area contributed by atoms with Crippen molar-refractivity contribution >= 4 is 0 Å². The summed E-state index contributed by atoms with van der Waals surface area (Å²) in [6.07, 6.45) is 1.58. The largest absolute Gasteiger partial charge is 0.461 e. The summed E-state index contributed by atoms with van der Waals surface area (Å²) in [5.74, 6) is -1.14. The molecule has 0 radical (unpaired) electrons. The first kappa shape index (κ1) is 22.3. The maximum absolute atomic E-state index is 13.5. The Hall–Kier alpha value is -2.92. The SMILES string of the molecule is COCCOc1nccc(-c2[nH]c(C3(C)OCC(CO)CO3)nc2-c2ccc(F)cc2)n1. The molecule has 0 bridgehead atoms. The average Bonchev–Trinajstić information content (AvgIpc) is 3.27. The van der Waals surface area contributed by atoms with Gasteiger partial charge in [-0.25, -0.2) is 14.4 Å². The zero-order chi connectivity index (χ0) is 22.6. The summed E-state index contributed by atoms with van der Waals surface area (Å²) in [5, 5.41) is 9.36. The number of ether oxygens (including phenoxy) is 4. The first-order valence-corrected chi connectivity index (χ1v) is 10.2. The second kappa shape index (κ2) is 9.70. The minimum absolute atomic E-state index is 0.0207. The Balaban J connectivity index is 1.72. The van der Waals surface area contributed by atoms with Gasteiger partial charge >= 0.3 is 6.01 Å². The van der Waals surface area contributed by atoms with Gasteiger partial charge in [-0.1, -0.05) is 0 Å². The van der Waals surface area contributed by atoms with Crippen LogP contribution in [0.15, 0.2) is 36.5 Å². The van der Waals surface area contributed by atoms with Crippen molar-refractivity contribution in [2.24, 2.45) is 5.92 Å². The maximum atomic E-state index is 13.5. The number of imidazole rings is 1. The third-order valence-electron chi connectivity index (χ3n) is 5.11. The first-order valence-electron chi connectivity index (χ1n) is 10.2. The summed E-state index contributed by atoms with van der Waals surface area (Å²) < 4.78 is 35.8. The van der Waals surface area contributed by atoms with E-state index in [9.17, 15) is 9.50 Å².